The van der Waals surface area contributed by atoms with Crippen LogP contribution < -0.4 is 4.90 Å². The Bertz CT molecular complexity index is 1070. The summed E-state index contributed by atoms with van der Waals surface area (Å²) >= 11 is 6.06. The summed E-state index contributed by atoms with van der Waals surface area (Å²) in [5.41, 5.74) is 1.25. The lowest BCUT2D eigenvalue weighted by Gasteiger charge is -2.35. The van der Waals surface area contributed by atoms with Crippen molar-refractivity contribution >= 4 is 34.9 Å². The second kappa shape index (κ2) is 9.79. The number of carboxylic acid groups (broad SMARTS) is 1. The lowest BCUT2D eigenvalue weighted by Crippen LogP contribution is -2.42. The second-order valence-electron chi connectivity index (χ2n) is 8.54. The minimum absolute atomic E-state index is 0.0818. The standard InChI is InChI=1S/C26H26ClNO5/c1-16(29)21-22(17-8-4-2-5-9-17)28(20-14-12-19(27)13-15-20)25(30)24(21)33-23(26(31)32)18-10-6-3-7-11-18/h3,6-7,10-15,17,22-23H,2,4-5,8-9H2,1H3,(H,31,32)/t22-,23-/m1/s1. The molecule has 0 aromatic heterocycles. The van der Waals surface area contributed by atoms with Crippen LogP contribution in [0.3, 0.4) is 0 Å². The molecule has 0 radical (unpaired) electrons. The van der Waals surface area contributed by atoms with Gasteiger partial charge in [-0.2, -0.15) is 0 Å². The lowest BCUT2D eigenvalue weighted by atomic mass is 9.80. The molecule has 7 heteroatoms. The number of anilines is 1. The van der Waals surface area contributed by atoms with E-state index < -0.39 is 24.0 Å². The monoisotopic (exact) mass is 467 g/mol. The molecule has 1 aliphatic heterocycles. The van der Waals surface area contributed by atoms with Crippen molar-refractivity contribution in [2.75, 3.05) is 4.90 Å². The number of ether oxygens (including phenoxy) is 1. The van der Waals surface area contributed by atoms with Gasteiger partial charge in [0.05, 0.1) is 11.6 Å². The number of halogens is 1. The average molecular weight is 468 g/mol. The fraction of sp³-hybridized carbons (Fsp3) is 0.346. The van der Waals surface area contributed by atoms with E-state index in [9.17, 15) is 19.5 Å². The number of aliphatic carboxylic acids is 1. The van der Waals surface area contributed by atoms with Crippen LogP contribution in [0.4, 0.5) is 5.69 Å². The Morgan fingerprint density at radius 1 is 1.03 bits per heavy atom. The van der Waals surface area contributed by atoms with Crippen LogP contribution in [0.1, 0.15) is 50.7 Å². The Kier molecular flexibility index (Phi) is 6.84. The summed E-state index contributed by atoms with van der Waals surface area (Å²) in [5.74, 6) is -2.12. The topological polar surface area (TPSA) is 83.9 Å². The van der Waals surface area contributed by atoms with Crippen LogP contribution in [-0.4, -0.2) is 28.8 Å². The molecule has 33 heavy (non-hydrogen) atoms. The zero-order valence-electron chi connectivity index (χ0n) is 18.4. The number of nitrogens with zero attached hydrogens (tertiary/aromatic N) is 1. The van der Waals surface area contributed by atoms with Crippen molar-refractivity contribution < 1.29 is 24.2 Å². The van der Waals surface area contributed by atoms with Crippen LogP contribution in [-0.2, 0) is 19.1 Å². The molecule has 1 N–H and O–H groups in total. The van der Waals surface area contributed by atoms with Gasteiger partial charge >= 0.3 is 5.97 Å². The van der Waals surface area contributed by atoms with E-state index in [0.29, 0.717) is 16.3 Å². The van der Waals surface area contributed by atoms with E-state index in [1.807, 2.05) is 0 Å². The van der Waals surface area contributed by atoms with Gasteiger partial charge in [0.2, 0.25) is 6.10 Å². The predicted octanol–water partition coefficient (Wildman–Crippen LogP) is 5.32. The number of hydrogen-bond acceptors (Lipinski definition) is 4. The van der Waals surface area contributed by atoms with Crippen molar-refractivity contribution in [1.29, 1.82) is 0 Å². The van der Waals surface area contributed by atoms with Gasteiger partial charge in [-0.1, -0.05) is 61.2 Å². The van der Waals surface area contributed by atoms with Crippen LogP contribution in [0.2, 0.25) is 5.02 Å². The zero-order valence-corrected chi connectivity index (χ0v) is 19.1. The zero-order chi connectivity index (χ0) is 23.5. The van der Waals surface area contributed by atoms with E-state index in [1.165, 1.54) is 6.92 Å². The Hall–Kier alpha value is -3.12. The van der Waals surface area contributed by atoms with Crippen molar-refractivity contribution in [3.63, 3.8) is 0 Å². The molecule has 172 valence electrons. The first-order valence-electron chi connectivity index (χ1n) is 11.2. The van der Waals surface area contributed by atoms with Crippen molar-refractivity contribution in [3.05, 3.63) is 76.5 Å². The summed E-state index contributed by atoms with van der Waals surface area (Å²) < 4.78 is 5.88. The highest BCUT2D eigenvalue weighted by Crippen LogP contribution is 2.42. The van der Waals surface area contributed by atoms with Crippen LogP contribution in [0.25, 0.3) is 0 Å². The number of benzene rings is 2. The molecule has 0 spiro atoms. The molecule has 6 nitrogen and oxygen atoms in total. The molecule has 1 saturated carbocycles. The summed E-state index contributed by atoms with van der Waals surface area (Å²) in [6.07, 6.45) is 3.52. The molecule has 1 heterocycles. The minimum atomic E-state index is -1.41. The Morgan fingerprint density at radius 3 is 2.24 bits per heavy atom. The highest BCUT2D eigenvalue weighted by atomic mass is 35.5. The normalized spacial score (nSPS) is 20.1. The Labute approximate surface area is 197 Å². The van der Waals surface area contributed by atoms with Gasteiger partial charge in [-0.25, -0.2) is 4.79 Å². The second-order valence-corrected chi connectivity index (χ2v) is 8.98. The van der Waals surface area contributed by atoms with Crippen molar-refractivity contribution in [2.24, 2.45) is 5.92 Å². The van der Waals surface area contributed by atoms with Crippen molar-refractivity contribution in [2.45, 2.75) is 51.2 Å². The number of hydrogen-bond donors (Lipinski definition) is 1. The number of ketones is 1. The summed E-state index contributed by atoms with van der Waals surface area (Å²) in [4.78, 5) is 40.3. The number of carboxylic acids is 1. The quantitative estimate of drug-likeness (QED) is 0.595. The third-order valence-corrected chi connectivity index (χ3v) is 6.63. The average Bonchev–Trinajstić information content (AvgIpc) is 3.11. The molecule has 2 aromatic rings. The molecule has 1 aliphatic carbocycles. The molecule has 1 amide bonds. The fourth-order valence-electron chi connectivity index (χ4n) is 4.88. The van der Waals surface area contributed by atoms with Crippen LogP contribution >= 0.6 is 11.6 Å². The van der Waals surface area contributed by atoms with Crippen LogP contribution in [0.15, 0.2) is 65.9 Å². The summed E-state index contributed by atoms with van der Waals surface area (Å²) in [7, 11) is 0. The first kappa shape index (κ1) is 23.1. The third-order valence-electron chi connectivity index (χ3n) is 6.37. The number of rotatable bonds is 7. The number of Topliss-reactive ketones (excluding diaryl/α,β-unsaturated/α-hetero) is 1. The summed E-state index contributed by atoms with van der Waals surface area (Å²) in [6, 6.07) is 14.8. The largest absolute Gasteiger partial charge is 0.478 e. The molecule has 0 unspecified atom stereocenters. The molecule has 0 saturated heterocycles. The van der Waals surface area contributed by atoms with Crippen LogP contribution in [0.5, 0.6) is 0 Å². The van der Waals surface area contributed by atoms with Gasteiger partial charge in [-0.05, 0) is 49.9 Å². The van der Waals surface area contributed by atoms with Gasteiger partial charge in [-0.3, -0.25) is 14.5 Å². The van der Waals surface area contributed by atoms with Crippen molar-refractivity contribution in [3.8, 4) is 0 Å². The number of carbonyl (C=O) groups excluding carboxylic acids is 2. The maximum Gasteiger partial charge on any atom is 0.349 e. The number of carbonyl (C=O) groups is 3. The van der Waals surface area contributed by atoms with E-state index in [1.54, 1.807) is 59.5 Å². The van der Waals surface area contributed by atoms with Gasteiger partial charge in [0.25, 0.3) is 5.91 Å². The molecular weight excluding hydrogens is 442 g/mol. The van der Waals surface area contributed by atoms with Crippen molar-refractivity contribution in [1.82, 2.24) is 0 Å². The lowest BCUT2D eigenvalue weighted by molar-refractivity contribution is -0.149. The smallest absolute Gasteiger partial charge is 0.349 e. The molecule has 2 aromatic carbocycles. The van der Waals surface area contributed by atoms with E-state index in [2.05, 4.69) is 0 Å². The maximum atomic E-state index is 13.7. The minimum Gasteiger partial charge on any atom is -0.478 e. The Balaban J connectivity index is 1.81. The molecule has 4 rings (SSSR count). The maximum absolute atomic E-state index is 13.7. The van der Waals surface area contributed by atoms with E-state index >= 15 is 0 Å². The van der Waals surface area contributed by atoms with Gasteiger partial charge < -0.3 is 9.84 Å². The third kappa shape index (κ3) is 4.67. The van der Waals surface area contributed by atoms with E-state index in [4.69, 9.17) is 16.3 Å². The summed E-state index contributed by atoms with van der Waals surface area (Å²) in [6.45, 7) is 1.41. The highest BCUT2D eigenvalue weighted by Gasteiger charge is 2.48. The van der Waals surface area contributed by atoms with Gasteiger partial charge in [0.15, 0.2) is 11.5 Å². The van der Waals surface area contributed by atoms with E-state index in [-0.39, 0.29) is 23.0 Å². The van der Waals surface area contributed by atoms with Gasteiger partial charge in [-0.15, -0.1) is 0 Å². The molecule has 0 bridgehead atoms. The summed E-state index contributed by atoms with van der Waals surface area (Å²) in [5, 5.41) is 10.4. The van der Waals surface area contributed by atoms with E-state index in [0.717, 1.165) is 32.1 Å². The fourth-order valence-corrected chi connectivity index (χ4v) is 5.01. The Morgan fingerprint density at radius 2 is 1.67 bits per heavy atom. The molecular formula is C26H26ClNO5. The van der Waals surface area contributed by atoms with Crippen LogP contribution in [0, 0.1) is 5.92 Å². The van der Waals surface area contributed by atoms with Gasteiger partial charge in [0.1, 0.15) is 0 Å². The molecule has 2 atom stereocenters. The highest BCUT2D eigenvalue weighted by molar-refractivity contribution is 6.30. The molecule has 2 aliphatic rings. The first-order chi connectivity index (χ1) is 15.9. The van der Waals surface area contributed by atoms with Gasteiger partial charge in [0, 0.05) is 16.3 Å². The SMILES string of the molecule is CC(=O)C1=C(O[C@@H](C(=O)O)c2ccccc2)C(=O)N(c2ccc(Cl)cc2)[C@@H]1C1CCCCC1. The predicted molar refractivity (Wildman–Crippen MR) is 125 cm³/mol. The molecule has 1 fully saturated rings. The number of amides is 1. The first-order valence-corrected chi connectivity index (χ1v) is 11.5.